The average Bonchev–Trinajstić information content (AvgIpc) is 2.70. The average molecular weight is 276 g/mol. The Labute approximate surface area is 118 Å². The molecule has 0 spiro atoms. The summed E-state index contributed by atoms with van der Waals surface area (Å²) in [6.45, 7) is 3.82. The molecule has 2 rings (SSSR count). The van der Waals surface area contributed by atoms with Crippen molar-refractivity contribution in [3.8, 4) is 11.5 Å². The summed E-state index contributed by atoms with van der Waals surface area (Å²) in [5.41, 5.74) is 3.22. The molecular formula is C15H20N2O3. The number of aliphatic hydroxyl groups excluding tert-OH is 1. The second-order valence-electron chi connectivity index (χ2n) is 4.72. The Morgan fingerprint density at radius 1 is 1.20 bits per heavy atom. The van der Waals surface area contributed by atoms with Gasteiger partial charge in [0, 0.05) is 23.9 Å². The molecule has 1 N–H and O–H groups in total. The molecule has 0 saturated heterocycles. The maximum Gasteiger partial charge on any atom is 0.125 e. The van der Waals surface area contributed by atoms with Crippen LogP contribution in [0.4, 0.5) is 0 Å². The predicted molar refractivity (Wildman–Crippen MR) is 76.3 cm³/mol. The Morgan fingerprint density at radius 3 is 2.40 bits per heavy atom. The fourth-order valence-electron chi connectivity index (χ4n) is 2.39. The number of aliphatic hydroxyl groups is 1. The zero-order chi connectivity index (χ0) is 14.9. The van der Waals surface area contributed by atoms with Crippen LogP contribution in [0.1, 0.15) is 28.6 Å². The van der Waals surface area contributed by atoms with Crippen LogP contribution in [0.2, 0.25) is 0 Å². The van der Waals surface area contributed by atoms with Gasteiger partial charge in [-0.3, -0.25) is 4.68 Å². The fourth-order valence-corrected chi connectivity index (χ4v) is 2.39. The Hall–Kier alpha value is -2.01. The van der Waals surface area contributed by atoms with Crippen LogP contribution in [0.15, 0.2) is 18.2 Å². The van der Waals surface area contributed by atoms with Crippen molar-refractivity contribution in [2.45, 2.75) is 20.0 Å². The standard InChI is InChI=1S/C15H20N2O3/c1-9-14(10(2)17(3)16-9)15(18)12-8-11(19-4)6-7-13(12)20-5/h6-8,15,18H,1-5H3. The summed E-state index contributed by atoms with van der Waals surface area (Å²) < 4.78 is 12.3. The van der Waals surface area contributed by atoms with Crippen molar-refractivity contribution >= 4 is 0 Å². The van der Waals surface area contributed by atoms with Gasteiger partial charge in [0.1, 0.15) is 17.6 Å². The molecule has 0 fully saturated rings. The van der Waals surface area contributed by atoms with Gasteiger partial charge in [-0.1, -0.05) is 0 Å². The molecule has 5 heteroatoms. The van der Waals surface area contributed by atoms with Crippen LogP contribution < -0.4 is 9.47 Å². The van der Waals surface area contributed by atoms with Crippen LogP contribution in [0.3, 0.4) is 0 Å². The van der Waals surface area contributed by atoms with Crippen LogP contribution >= 0.6 is 0 Å². The smallest absolute Gasteiger partial charge is 0.125 e. The monoisotopic (exact) mass is 276 g/mol. The van der Waals surface area contributed by atoms with Gasteiger partial charge in [-0.15, -0.1) is 0 Å². The molecule has 0 aliphatic rings. The van der Waals surface area contributed by atoms with E-state index in [9.17, 15) is 5.11 Å². The molecule has 0 radical (unpaired) electrons. The molecule has 0 bridgehead atoms. The van der Waals surface area contributed by atoms with Gasteiger partial charge in [-0.05, 0) is 32.0 Å². The van der Waals surface area contributed by atoms with E-state index in [-0.39, 0.29) is 0 Å². The number of benzene rings is 1. The summed E-state index contributed by atoms with van der Waals surface area (Å²) in [6, 6.07) is 5.38. The lowest BCUT2D eigenvalue weighted by molar-refractivity contribution is 0.212. The van der Waals surface area contributed by atoms with Crippen LogP contribution in [0.5, 0.6) is 11.5 Å². The first-order valence-corrected chi connectivity index (χ1v) is 6.39. The SMILES string of the molecule is COc1ccc(OC)c(C(O)c2c(C)nn(C)c2C)c1. The molecule has 1 unspecified atom stereocenters. The summed E-state index contributed by atoms with van der Waals surface area (Å²) in [6.07, 6.45) is -0.797. The predicted octanol–water partition coefficient (Wildman–Crippen LogP) is 2.14. The number of hydrogen-bond donors (Lipinski definition) is 1. The Kier molecular flexibility index (Phi) is 3.99. The molecule has 1 aromatic heterocycles. The lowest BCUT2D eigenvalue weighted by atomic mass is 9.98. The van der Waals surface area contributed by atoms with Crippen molar-refractivity contribution in [1.82, 2.24) is 9.78 Å². The topological polar surface area (TPSA) is 56.5 Å². The largest absolute Gasteiger partial charge is 0.497 e. The number of hydrogen-bond acceptors (Lipinski definition) is 4. The third kappa shape index (κ3) is 2.36. The maximum atomic E-state index is 10.7. The van der Waals surface area contributed by atoms with E-state index in [0.717, 1.165) is 17.0 Å². The number of rotatable bonds is 4. The second kappa shape index (κ2) is 5.54. The second-order valence-corrected chi connectivity index (χ2v) is 4.72. The summed E-state index contributed by atoms with van der Waals surface area (Å²) in [5, 5.41) is 15.0. The summed E-state index contributed by atoms with van der Waals surface area (Å²) in [4.78, 5) is 0. The minimum Gasteiger partial charge on any atom is -0.497 e. The fraction of sp³-hybridized carbons (Fsp3) is 0.400. The van der Waals surface area contributed by atoms with E-state index in [0.29, 0.717) is 17.1 Å². The zero-order valence-electron chi connectivity index (χ0n) is 12.5. The van der Waals surface area contributed by atoms with Gasteiger partial charge in [-0.2, -0.15) is 5.10 Å². The highest BCUT2D eigenvalue weighted by Gasteiger charge is 2.23. The van der Waals surface area contributed by atoms with Gasteiger partial charge in [0.25, 0.3) is 0 Å². The van der Waals surface area contributed by atoms with Crippen molar-refractivity contribution in [3.63, 3.8) is 0 Å². The van der Waals surface area contributed by atoms with E-state index >= 15 is 0 Å². The third-order valence-electron chi connectivity index (χ3n) is 3.57. The Morgan fingerprint density at radius 2 is 1.90 bits per heavy atom. The number of methoxy groups -OCH3 is 2. The molecule has 5 nitrogen and oxygen atoms in total. The summed E-state index contributed by atoms with van der Waals surface area (Å²) >= 11 is 0. The Bertz CT molecular complexity index is 620. The highest BCUT2D eigenvalue weighted by molar-refractivity contribution is 5.46. The van der Waals surface area contributed by atoms with E-state index in [1.54, 1.807) is 37.1 Å². The molecule has 1 heterocycles. The third-order valence-corrected chi connectivity index (χ3v) is 3.57. The van der Waals surface area contributed by atoms with Gasteiger partial charge in [0.15, 0.2) is 0 Å². The molecule has 2 aromatic rings. The Balaban J connectivity index is 2.54. The first-order valence-electron chi connectivity index (χ1n) is 6.39. The van der Waals surface area contributed by atoms with Crippen LogP contribution in [-0.2, 0) is 7.05 Å². The highest BCUT2D eigenvalue weighted by Crippen LogP contribution is 2.35. The van der Waals surface area contributed by atoms with Crippen molar-refractivity contribution in [2.75, 3.05) is 14.2 Å². The van der Waals surface area contributed by atoms with Crippen molar-refractivity contribution in [1.29, 1.82) is 0 Å². The lowest BCUT2D eigenvalue weighted by Gasteiger charge is -2.16. The van der Waals surface area contributed by atoms with Gasteiger partial charge in [0.05, 0.1) is 19.9 Å². The highest BCUT2D eigenvalue weighted by atomic mass is 16.5. The van der Waals surface area contributed by atoms with E-state index in [1.165, 1.54) is 0 Å². The van der Waals surface area contributed by atoms with E-state index < -0.39 is 6.10 Å². The van der Waals surface area contributed by atoms with Crippen molar-refractivity contribution < 1.29 is 14.6 Å². The van der Waals surface area contributed by atoms with Gasteiger partial charge in [-0.25, -0.2) is 0 Å². The first kappa shape index (κ1) is 14.4. The van der Waals surface area contributed by atoms with Gasteiger partial charge in [0.2, 0.25) is 0 Å². The molecule has 0 aliphatic carbocycles. The number of nitrogens with zero attached hydrogens (tertiary/aromatic N) is 2. The normalized spacial score (nSPS) is 12.3. The molecule has 1 atom stereocenters. The maximum absolute atomic E-state index is 10.7. The zero-order valence-corrected chi connectivity index (χ0v) is 12.5. The lowest BCUT2D eigenvalue weighted by Crippen LogP contribution is -2.05. The molecule has 0 aliphatic heterocycles. The van der Waals surface area contributed by atoms with E-state index in [1.807, 2.05) is 20.9 Å². The molecular weight excluding hydrogens is 256 g/mol. The molecule has 20 heavy (non-hydrogen) atoms. The quantitative estimate of drug-likeness (QED) is 0.929. The first-order chi connectivity index (χ1) is 9.49. The van der Waals surface area contributed by atoms with Crippen LogP contribution in [-0.4, -0.2) is 29.1 Å². The molecule has 0 amide bonds. The molecule has 0 saturated carbocycles. The van der Waals surface area contributed by atoms with Crippen LogP contribution in [0.25, 0.3) is 0 Å². The van der Waals surface area contributed by atoms with Crippen molar-refractivity contribution in [3.05, 3.63) is 40.7 Å². The van der Waals surface area contributed by atoms with Crippen LogP contribution in [0, 0.1) is 13.8 Å². The van der Waals surface area contributed by atoms with Crippen molar-refractivity contribution in [2.24, 2.45) is 7.05 Å². The van der Waals surface area contributed by atoms with Gasteiger partial charge < -0.3 is 14.6 Å². The molecule has 108 valence electrons. The minimum atomic E-state index is -0.797. The molecule has 1 aromatic carbocycles. The van der Waals surface area contributed by atoms with Gasteiger partial charge >= 0.3 is 0 Å². The number of aryl methyl sites for hydroxylation is 2. The van der Waals surface area contributed by atoms with E-state index in [2.05, 4.69) is 5.10 Å². The van der Waals surface area contributed by atoms with E-state index in [4.69, 9.17) is 9.47 Å². The summed E-state index contributed by atoms with van der Waals surface area (Å²) in [7, 11) is 5.04. The number of aromatic nitrogens is 2. The number of ether oxygens (including phenoxy) is 2. The minimum absolute atomic E-state index is 0.626. The summed E-state index contributed by atoms with van der Waals surface area (Å²) in [5.74, 6) is 1.31.